The van der Waals surface area contributed by atoms with Crippen LogP contribution in [0.25, 0.3) is 0 Å². The molecule has 0 saturated heterocycles. The Morgan fingerprint density at radius 2 is 1.67 bits per heavy atom. The number of carbonyl (C=O) groups is 1. The summed E-state index contributed by atoms with van der Waals surface area (Å²) >= 11 is 0. The van der Waals surface area contributed by atoms with Crippen molar-refractivity contribution in [3.05, 3.63) is 70.9 Å². The van der Waals surface area contributed by atoms with E-state index < -0.39 is 17.8 Å². The second kappa shape index (κ2) is 8.61. The highest BCUT2D eigenvalue weighted by atomic mass is 19.4. The molecule has 0 bridgehead atoms. The first-order valence-corrected chi connectivity index (χ1v) is 9.64. The SMILES string of the molecule is CCc1cccc(CC)c1Nc1ccccc1C(=O)Nc1cc(C(F)(F)F)nn1C. The minimum Gasteiger partial charge on any atom is -0.354 e. The van der Waals surface area contributed by atoms with Gasteiger partial charge in [-0.05, 0) is 36.1 Å². The van der Waals surface area contributed by atoms with Crippen molar-refractivity contribution in [2.24, 2.45) is 7.05 Å². The van der Waals surface area contributed by atoms with Gasteiger partial charge in [0.25, 0.3) is 5.91 Å². The average molecular weight is 416 g/mol. The second-order valence-corrected chi connectivity index (χ2v) is 6.82. The summed E-state index contributed by atoms with van der Waals surface area (Å²) in [6, 6.07) is 13.8. The van der Waals surface area contributed by atoms with Gasteiger partial charge in [0.2, 0.25) is 0 Å². The second-order valence-electron chi connectivity index (χ2n) is 6.82. The molecule has 0 aliphatic carbocycles. The molecule has 8 heteroatoms. The highest BCUT2D eigenvalue weighted by molar-refractivity contribution is 6.08. The molecule has 158 valence electrons. The Balaban J connectivity index is 1.91. The third kappa shape index (κ3) is 4.48. The maximum Gasteiger partial charge on any atom is 0.435 e. The molecule has 1 amide bonds. The zero-order valence-corrected chi connectivity index (χ0v) is 17.0. The van der Waals surface area contributed by atoms with Crippen LogP contribution in [-0.4, -0.2) is 15.7 Å². The number of carbonyl (C=O) groups excluding carboxylic acids is 1. The van der Waals surface area contributed by atoms with Crippen LogP contribution >= 0.6 is 0 Å². The fourth-order valence-electron chi connectivity index (χ4n) is 3.23. The summed E-state index contributed by atoms with van der Waals surface area (Å²) in [6.45, 7) is 4.11. The van der Waals surface area contributed by atoms with Crippen molar-refractivity contribution in [3.8, 4) is 0 Å². The number of rotatable bonds is 6. The molecule has 2 N–H and O–H groups in total. The Hall–Kier alpha value is -3.29. The van der Waals surface area contributed by atoms with Gasteiger partial charge in [-0.3, -0.25) is 9.48 Å². The van der Waals surface area contributed by atoms with Gasteiger partial charge in [-0.1, -0.05) is 44.2 Å². The van der Waals surface area contributed by atoms with E-state index in [-0.39, 0.29) is 5.82 Å². The van der Waals surface area contributed by atoms with Gasteiger partial charge in [0.15, 0.2) is 5.69 Å². The van der Waals surface area contributed by atoms with Crippen LogP contribution in [0.4, 0.5) is 30.4 Å². The summed E-state index contributed by atoms with van der Waals surface area (Å²) < 4.78 is 39.7. The Morgan fingerprint density at radius 3 is 2.23 bits per heavy atom. The van der Waals surface area contributed by atoms with Gasteiger partial charge >= 0.3 is 6.18 Å². The van der Waals surface area contributed by atoms with Gasteiger partial charge in [-0.15, -0.1) is 0 Å². The summed E-state index contributed by atoms with van der Waals surface area (Å²) in [5.41, 5.74) is 3.01. The Bertz CT molecular complexity index is 1030. The zero-order valence-electron chi connectivity index (χ0n) is 17.0. The molecular weight excluding hydrogens is 393 g/mol. The lowest BCUT2D eigenvalue weighted by atomic mass is 10.0. The van der Waals surface area contributed by atoms with Crippen molar-refractivity contribution in [2.75, 3.05) is 10.6 Å². The molecule has 0 spiro atoms. The fraction of sp³-hybridized carbons (Fsp3) is 0.273. The molecule has 0 aliphatic rings. The van der Waals surface area contributed by atoms with E-state index in [4.69, 9.17) is 0 Å². The van der Waals surface area contributed by atoms with Crippen molar-refractivity contribution in [1.82, 2.24) is 9.78 Å². The highest BCUT2D eigenvalue weighted by Gasteiger charge is 2.34. The number of aromatic nitrogens is 2. The van der Waals surface area contributed by atoms with Crippen molar-refractivity contribution in [2.45, 2.75) is 32.9 Å². The number of benzene rings is 2. The van der Waals surface area contributed by atoms with Crippen molar-refractivity contribution in [1.29, 1.82) is 0 Å². The molecule has 2 aromatic carbocycles. The number of aryl methyl sites for hydroxylation is 3. The quantitative estimate of drug-likeness (QED) is 0.553. The molecular formula is C22H23F3N4O. The van der Waals surface area contributed by atoms with Crippen LogP contribution < -0.4 is 10.6 Å². The topological polar surface area (TPSA) is 59.0 Å². The summed E-state index contributed by atoms with van der Waals surface area (Å²) in [7, 11) is 1.35. The van der Waals surface area contributed by atoms with Crippen molar-refractivity contribution < 1.29 is 18.0 Å². The first-order valence-electron chi connectivity index (χ1n) is 9.64. The van der Waals surface area contributed by atoms with Gasteiger partial charge < -0.3 is 10.6 Å². The van der Waals surface area contributed by atoms with Crippen LogP contribution in [0, 0.1) is 0 Å². The molecule has 0 saturated carbocycles. The fourth-order valence-corrected chi connectivity index (χ4v) is 3.23. The molecule has 1 aromatic heterocycles. The van der Waals surface area contributed by atoms with Crippen LogP contribution in [0.15, 0.2) is 48.5 Å². The zero-order chi connectivity index (χ0) is 21.9. The molecule has 0 radical (unpaired) electrons. The maximum atomic E-state index is 12.9. The maximum absolute atomic E-state index is 12.9. The Morgan fingerprint density at radius 1 is 1.03 bits per heavy atom. The Kier molecular flexibility index (Phi) is 6.14. The molecule has 3 aromatic rings. The Labute approximate surface area is 172 Å². The van der Waals surface area contributed by atoms with Crippen LogP contribution in [0.3, 0.4) is 0 Å². The van der Waals surface area contributed by atoms with Crippen molar-refractivity contribution in [3.63, 3.8) is 0 Å². The van der Waals surface area contributed by atoms with E-state index in [1.807, 2.05) is 18.2 Å². The normalized spacial score (nSPS) is 11.4. The largest absolute Gasteiger partial charge is 0.435 e. The number of nitrogens with zero attached hydrogens (tertiary/aromatic N) is 2. The minimum atomic E-state index is -4.58. The third-order valence-corrected chi connectivity index (χ3v) is 4.84. The van der Waals surface area contributed by atoms with E-state index in [0.717, 1.165) is 40.4 Å². The molecule has 0 atom stereocenters. The summed E-state index contributed by atoms with van der Waals surface area (Å²) in [5, 5.41) is 9.31. The standard InChI is InChI=1S/C22H23F3N4O/c1-4-14-9-8-10-15(5-2)20(14)26-17-12-7-6-11-16(17)21(30)27-19-13-18(22(23,24)25)28-29(19)3/h6-13,26H,4-5H2,1-3H3,(H,27,30). The van der Waals surface area contributed by atoms with Crippen LogP contribution in [-0.2, 0) is 26.1 Å². The number of para-hydroxylation sites is 2. The summed E-state index contributed by atoms with van der Waals surface area (Å²) in [6.07, 6.45) is -2.94. The van der Waals surface area contributed by atoms with E-state index in [0.29, 0.717) is 11.3 Å². The number of alkyl halides is 3. The van der Waals surface area contributed by atoms with Gasteiger partial charge in [0.05, 0.1) is 11.3 Å². The monoisotopic (exact) mass is 416 g/mol. The van der Waals surface area contributed by atoms with Gasteiger partial charge in [-0.25, -0.2) is 0 Å². The number of halogens is 3. The number of hydrogen-bond acceptors (Lipinski definition) is 3. The lowest BCUT2D eigenvalue weighted by Crippen LogP contribution is -2.16. The molecule has 0 unspecified atom stereocenters. The first kappa shape index (κ1) is 21.4. The lowest BCUT2D eigenvalue weighted by molar-refractivity contribution is -0.141. The van der Waals surface area contributed by atoms with E-state index in [1.54, 1.807) is 24.3 Å². The smallest absolute Gasteiger partial charge is 0.354 e. The van der Waals surface area contributed by atoms with Crippen molar-refractivity contribution >= 4 is 23.1 Å². The number of anilines is 3. The average Bonchev–Trinajstić information content (AvgIpc) is 3.09. The third-order valence-electron chi connectivity index (χ3n) is 4.84. The molecule has 0 aliphatic heterocycles. The molecule has 0 fully saturated rings. The summed E-state index contributed by atoms with van der Waals surface area (Å²) in [5.74, 6) is -0.563. The molecule has 1 heterocycles. The first-order chi connectivity index (χ1) is 14.2. The van der Waals surface area contributed by atoms with Crippen LogP contribution in [0.5, 0.6) is 0 Å². The predicted octanol–water partition coefficient (Wildman–Crippen LogP) is 5.56. The number of nitrogens with one attached hydrogen (secondary N) is 2. The number of hydrogen-bond donors (Lipinski definition) is 2. The molecule has 30 heavy (non-hydrogen) atoms. The van der Waals surface area contributed by atoms with E-state index in [1.165, 1.54) is 7.05 Å². The van der Waals surface area contributed by atoms with Crippen LogP contribution in [0.1, 0.15) is 41.0 Å². The minimum absolute atomic E-state index is 0.0367. The summed E-state index contributed by atoms with van der Waals surface area (Å²) in [4.78, 5) is 12.9. The van der Waals surface area contributed by atoms with Gasteiger partial charge in [0, 0.05) is 18.8 Å². The van der Waals surface area contributed by atoms with Gasteiger partial charge in [-0.2, -0.15) is 18.3 Å². The molecule has 3 rings (SSSR count). The highest BCUT2D eigenvalue weighted by Crippen LogP contribution is 2.31. The van der Waals surface area contributed by atoms with E-state index in [2.05, 4.69) is 29.6 Å². The van der Waals surface area contributed by atoms with E-state index >= 15 is 0 Å². The van der Waals surface area contributed by atoms with Gasteiger partial charge in [0.1, 0.15) is 5.82 Å². The van der Waals surface area contributed by atoms with E-state index in [9.17, 15) is 18.0 Å². The lowest BCUT2D eigenvalue weighted by Gasteiger charge is -2.17. The predicted molar refractivity (Wildman–Crippen MR) is 111 cm³/mol. The number of amides is 1. The molecule has 5 nitrogen and oxygen atoms in total. The van der Waals surface area contributed by atoms with Crippen LogP contribution in [0.2, 0.25) is 0 Å².